The summed E-state index contributed by atoms with van der Waals surface area (Å²) in [6.45, 7) is 4.46. The van der Waals surface area contributed by atoms with Gasteiger partial charge in [-0.25, -0.2) is 0 Å². The van der Waals surface area contributed by atoms with Crippen LogP contribution in [0.1, 0.15) is 31.9 Å². The summed E-state index contributed by atoms with van der Waals surface area (Å²) in [5.74, 6) is 1.31. The Bertz CT molecular complexity index is 396. The van der Waals surface area contributed by atoms with Gasteiger partial charge in [-0.3, -0.25) is 4.68 Å². The average molecular weight is 220 g/mol. The van der Waals surface area contributed by atoms with Crippen LogP contribution in [0.3, 0.4) is 0 Å². The van der Waals surface area contributed by atoms with Crippen molar-refractivity contribution in [3.8, 4) is 0 Å². The standard InChI is InChI=1S/C12H20N4/c1-3-10-11-12(15(2)14-10)16-7-5-4-6-9(16)8-13-11/h9,13H,3-8H2,1-2H3. The lowest BCUT2D eigenvalue weighted by molar-refractivity contribution is 0.456. The second-order valence-electron chi connectivity index (χ2n) is 4.85. The van der Waals surface area contributed by atoms with Gasteiger partial charge in [-0.05, 0) is 25.7 Å². The fraction of sp³-hybridized carbons (Fsp3) is 0.750. The smallest absolute Gasteiger partial charge is 0.150 e. The molecule has 0 aliphatic carbocycles. The summed E-state index contributed by atoms with van der Waals surface area (Å²) in [5.41, 5.74) is 2.49. The van der Waals surface area contributed by atoms with Crippen LogP contribution < -0.4 is 10.2 Å². The molecule has 0 aromatic carbocycles. The molecule has 2 aliphatic heterocycles. The van der Waals surface area contributed by atoms with Gasteiger partial charge in [0.05, 0.1) is 5.69 Å². The van der Waals surface area contributed by atoms with Crippen LogP contribution in [0.15, 0.2) is 0 Å². The molecule has 4 heteroatoms. The molecule has 0 spiro atoms. The number of nitrogens with zero attached hydrogens (tertiary/aromatic N) is 3. The molecular formula is C12H20N4. The third-order valence-electron chi connectivity index (χ3n) is 3.84. The van der Waals surface area contributed by atoms with E-state index in [0.29, 0.717) is 6.04 Å². The number of aryl methyl sites for hydroxylation is 2. The van der Waals surface area contributed by atoms with Crippen LogP contribution in [-0.2, 0) is 13.5 Å². The van der Waals surface area contributed by atoms with Crippen molar-refractivity contribution in [3.05, 3.63) is 5.69 Å². The van der Waals surface area contributed by atoms with Gasteiger partial charge < -0.3 is 10.2 Å². The van der Waals surface area contributed by atoms with E-state index in [2.05, 4.69) is 34.0 Å². The molecule has 1 atom stereocenters. The molecule has 0 saturated carbocycles. The number of anilines is 2. The van der Waals surface area contributed by atoms with Gasteiger partial charge in [0, 0.05) is 26.2 Å². The van der Waals surface area contributed by atoms with Gasteiger partial charge in [-0.2, -0.15) is 5.10 Å². The van der Waals surface area contributed by atoms with E-state index in [1.165, 1.54) is 43.0 Å². The van der Waals surface area contributed by atoms with E-state index in [4.69, 9.17) is 0 Å². The summed E-state index contributed by atoms with van der Waals surface area (Å²) in [5, 5.41) is 8.19. The molecular weight excluding hydrogens is 200 g/mol. The molecule has 0 amide bonds. The second kappa shape index (κ2) is 3.68. The van der Waals surface area contributed by atoms with Crippen LogP contribution in [0.4, 0.5) is 11.5 Å². The van der Waals surface area contributed by atoms with Crippen molar-refractivity contribution in [3.63, 3.8) is 0 Å². The lowest BCUT2D eigenvalue weighted by atomic mass is 10.00. The minimum atomic E-state index is 0.682. The molecule has 2 aliphatic rings. The SMILES string of the molecule is CCc1nn(C)c2c1NCC1CCCCN21. The Morgan fingerprint density at radius 3 is 3.12 bits per heavy atom. The van der Waals surface area contributed by atoms with Gasteiger partial charge in [0.15, 0.2) is 5.82 Å². The topological polar surface area (TPSA) is 33.1 Å². The highest BCUT2D eigenvalue weighted by atomic mass is 15.4. The molecule has 1 N–H and O–H groups in total. The maximum Gasteiger partial charge on any atom is 0.150 e. The first-order valence-electron chi connectivity index (χ1n) is 6.37. The normalized spacial score (nSPS) is 23.6. The monoisotopic (exact) mass is 220 g/mol. The van der Waals surface area contributed by atoms with Crippen molar-refractivity contribution in [2.24, 2.45) is 7.05 Å². The summed E-state index contributed by atoms with van der Waals surface area (Å²) >= 11 is 0. The molecule has 3 heterocycles. The van der Waals surface area contributed by atoms with Gasteiger partial charge in [0.1, 0.15) is 5.69 Å². The van der Waals surface area contributed by atoms with E-state index >= 15 is 0 Å². The van der Waals surface area contributed by atoms with Crippen molar-refractivity contribution in [1.82, 2.24) is 9.78 Å². The number of hydrogen-bond donors (Lipinski definition) is 1. The highest BCUT2D eigenvalue weighted by molar-refractivity contribution is 5.72. The van der Waals surface area contributed by atoms with Crippen molar-refractivity contribution in [2.45, 2.75) is 38.6 Å². The second-order valence-corrected chi connectivity index (χ2v) is 4.85. The summed E-state index contributed by atoms with van der Waals surface area (Å²) in [7, 11) is 2.07. The van der Waals surface area contributed by atoms with E-state index in [9.17, 15) is 0 Å². The maximum absolute atomic E-state index is 4.61. The number of hydrogen-bond acceptors (Lipinski definition) is 3. The minimum absolute atomic E-state index is 0.682. The number of aromatic nitrogens is 2. The Morgan fingerprint density at radius 1 is 1.44 bits per heavy atom. The van der Waals surface area contributed by atoms with Crippen LogP contribution in [0.2, 0.25) is 0 Å². The van der Waals surface area contributed by atoms with E-state index in [1.807, 2.05) is 0 Å². The molecule has 88 valence electrons. The maximum atomic E-state index is 4.61. The van der Waals surface area contributed by atoms with E-state index in [-0.39, 0.29) is 0 Å². The Hall–Kier alpha value is -1.19. The molecule has 4 nitrogen and oxygen atoms in total. The summed E-state index contributed by atoms with van der Waals surface area (Å²) < 4.78 is 2.05. The Labute approximate surface area is 96.6 Å². The predicted octanol–water partition coefficient (Wildman–Crippen LogP) is 1.77. The van der Waals surface area contributed by atoms with Crippen molar-refractivity contribution in [2.75, 3.05) is 23.3 Å². The van der Waals surface area contributed by atoms with Gasteiger partial charge in [0.2, 0.25) is 0 Å². The lowest BCUT2D eigenvalue weighted by Crippen LogP contribution is -2.47. The third-order valence-corrected chi connectivity index (χ3v) is 3.84. The summed E-state index contributed by atoms with van der Waals surface area (Å²) in [4.78, 5) is 2.56. The number of piperidine rings is 1. The van der Waals surface area contributed by atoms with Crippen LogP contribution in [0.25, 0.3) is 0 Å². The van der Waals surface area contributed by atoms with Crippen molar-refractivity contribution in [1.29, 1.82) is 0 Å². The van der Waals surface area contributed by atoms with Gasteiger partial charge >= 0.3 is 0 Å². The fourth-order valence-electron chi connectivity index (χ4n) is 3.04. The molecule has 0 bridgehead atoms. The first kappa shape index (κ1) is 10.00. The first-order valence-corrected chi connectivity index (χ1v) is 6.37. The van der Waals surface area contributed by atoms with E-state index in [0.717, 1.165) is 13.0 Å². The molecule has 1 saturated heterocycles. The van der Waals surface area contributed by atoms with E-state index < -0.39 is 0 Å². The Kier molecular flexibility index (Phi) is 2.30. The third kappa shape index (κ3) is 1.32. The number of fused-ring (bicyclic) bond motifs is 3. The van der Waals surface area contributed by atoms with Gasteiger partial charge in [-0.15, -0.1) is 0 Å². The average Bonchev–Trinajstić information content (AvgIpc) is 2.66. The zero-order valence-corrected chi connectivity index (χ0v) is 10.2. The van der Waals surface area contributed by atoms with Crippen LogP contribution in [-0.4, -0.2) is 28.9 Å². The molecule has 3 rings (SSSR count). The van der Waals surface area contributed by atoms with Crippen molar-refractivity contribution < 1.29 is 0 Å². The Balaban J connectivity index is 2.04. The molecule has 1 aromatic heterocycles. The largest absolute Gasteiger partial charge is 0.378 e. The van der Waals surface area contributed by atoms with Gasteiger partial charge in [-0.1, -0.05) is 6.92 Å². The molecule has 16 heavy (non-hydrogen) atoms. The number of rotatable bonds is 1. The zero-order valence-electron chi connectivity index (χ0n) is 10.2. The quantitative estimate of drug-likeness (QED) is 0.783. The van der Waals surface area contributed by atoms with Crippen LogP contribution in [0, 0.1) is 0 Å². The van der Waals surface area contributed by atoms with Gasteiger partial charge in [0.25, 0.3) is 0 Å². The molecule has 1 fully saturated rings. The minimum Gasteiger partial charge on any atom is -0.378 e. The molecule has 1 aromatic rings. The fourth-order valence-corrected chi connectivity index (χ4v) is 3.04. The van der Waals surface area contributed by atoms with E-state index in [1.54, 1.807) is 0 Å². The molecule has 0 radical (unpaired) electrons. The zero-order chi connectivity index (χ0) is 11.1. The van der Waals surface area contributed by atoms with Crippen molar-refractivity contribution >= 4 is 11.5 Å². The lowest BCUT2D eigenvalue weighted by Gasteiger charge is -2.41. The highest BCUT2D eigenvalue weighted by Crippen LogP contribution is 2.37. The Morgan fingerprint density at radius 2 is 2.31 bits per heavy atom. The molecule has 1 unspecified atom stereocenters. The predicted molar refractivity (Wildman–Crippen MR) is 66.1 cm³/mol. The number of nitrogens with one attached hydrogen (secondary N) is 1. The van der Waals surface area contributed by atoms with Crippen LogP contribution in [0.5, 0.6) is 0 Å². The first-order chi connectivity index (χ1) is 7.81. The summed E-state index contributed by atoms with van der Waals surface area (Å²) in [6.07, 6.45) is 5.02. The van der Waals surface area contributed by atoms with Crippen LogP contribution >= 0.6 is 0 Å². The summed E-state index contributed by atoms with van der Waals surface area (Å²) in [6, 6.07) is 0.682. The highest BCUT2D eigenvalue weighted by Gasteiger charge is 2.32.